The molecule has 2 N–H and O–H groups in total. The summed E-state index contributed by atoms with van der Waals surface area (Å²) < 4.78 is 5.70. The third kappa shape index (κ3) is 4.31. The first-order valence-corrected chi connectivity index (χ1v) is 6.49. The minimum absolute atomic E-state index is 0.269. The highest BCUT2D eigenvalue weighted by Gasteiger charge is 2.15. The van der Waals surface area contributed by atoms with Gasteiger partial charge < -0.3 is 10.5 Å². The van der Waals surface area contributed by atoms with E-state index in [9.17, 15) is 0 Å². The number of nitrogens with zero attached hydrogens (tertiary/aromatic N) is 1. The van der Waals surface area contributed by atoms with E-state index in [1.165, 1.54) is 0 Å². The number of ether oxygens (including phenoxy) is 1. The monoisotopic (exact) mass is 240 g/mol. The lowest BCUT2D eigenvalue weighted by molar-refractivity contribution is 0.124. The largest absolute Gasteiger partial charge is 0.470 e. The lowest BCUT2D eigenvalue weighted by Crippen LogP contribution is -2.24. The molecular formula is C12H20N2OS. The summed E-state index contributed by atoms with van der Waals surface area (Å²) in [5.74, 6) is 1.60. The van der Waals surface area contributed by atoms with E-state index in [2.05, 4.69) is 11.9 Å². The molecule has 1 heterocycles. The lowest BCUT2D eigenvalue weighted by atomic mass is 10.2. The van der Waals surface area contributed by atoms with Gasteiger partial charge in [-0.1, -0.05) is 6.92 Å². The van der Waals surface area contributed by atoms with E-state index in [1.54, 1.807) is 11.8 Å². The molecule has 0 aliphatic rings. The Morgan fingerprint density at radius 2 is 2.06 bits per heavy atom. The van der Waals surface area contributed by atoms with Crippen molar-refractivity contribution < 1.29 is 4.74 Å². The van der Waals surface area contributed by atoms with Gasteiger partial charge in [0.05, 0.1) is 5.69 Å². The van der Waals surface area contributed by atoms with Gasteiger partial charge in [0.2, 0.25) is 5.88 Å². The second-order valence-electron chi connectivity index (χ2n) is 4.61. The molecule has 0 aliphatic heterocycles. The highest BCUT2D eigenvalue weighted by Crippen LogP contribution is 2.27. The molecule has 1 aromatic rings. The van der Waals surface area contributed by atoms with Gasteiger partial charge in [0, 0.05) is 0 Å². The fraction of sp³-hybridized carbons (Fsp3) is 0.583. The van der Waals surface area contributed by atoms with Crippen molar-refractivity contribution in [3.8, 4) is 5.88 Å². The minimum atomic E-state index is -0.269. The first-order chi connectivity index (χ1) is 7.42. The highest BCUT2D eigenvalue weighted by atomic mass is 32.2. The molecule has 3 nitrogen and oxygen atoms in total. The number of rotatable bonds is 4. The molecule has 4 heteroatoms. The molecule has 1 rings (SSSR count). The Morgan fingerprint density at radius 3 is 2.62 bits per heavy atom. The van der Waals surface area contributed by atoms with Gasteiger partial charge in [-0.15, -0.1) is 11.8 Å². The molecule has 0 saturated carbocycles. The summed E-state index contributed by atoms with van der Waals surface area (Å²) in [6.07, 6.45) is 1.13. The van der Waals surface area contributed by atoms with Crippen molar-refractivity contribution in [3.05, 3.63) is 12.1 Å². The van der Waals surface area contributed by atoms with Crippen LogP contribution in [0.4, 0.5) is 5.69 Å². The van der Waals surface area contributed by atoms with Crippen LogP contribution in [0, 0.1) is 0 Å². The fourth-order valence-corrected chi connectivity index (χ4v) is 1.82. The summed E-state index contributed by atoms with van der Waals surface area (Å²) >= 11 is 1.72. The van der Waals surface area contributed by atoms with Crippen molar-refractivity contribution in [1.82, 2.24) is 4.98 Å². The number of nitrogen functional groups attached to an aromatic ring is 1. The summed E-state index contributed by atoms with van der Waals surface area (Å²) in [5.41, 5.74) is 6.15. The Hall–Kier alpha value is -0.900. The van der Waals surface area contributed by atoms with Crippen molar-refractivity contribution in [2.45, 2.75) is 44.7 Å². The first kappa shape index (κ1) is 13.2. The van der Waals surface area contributed by atoms with Crippen LogP contribution in [0.5, 0.6) is 5.88 Å². The van der Waals surface area contributed by atoms with Crippen LogP contribution >= 0.6 is 11.8 Å². The Kier molecular flexibility index (Phi) is 4.47. The third-order valence-electron chi connectivity index (χ3n) is 1.72. The SMILES string of the molecule is CCCSc1ccc(N)c(OC(C)(C)C)n1. The van der Waals surface area contributed by atoms with E-state index in [-0.39, 0.29) is 5.60 Å². The average Bonchev–Trinajstić information content (AvgIpc) is 2.17. The maximum Gasteiger partial charge on any atom is 0.238 e. The molecule has 0 amide bonds. The second-order valence-corrected chi connectivity index (χ2v) is 5.72. The maximum atomic E-state index is 5.83. The molecule has 0 radical (unpaired) electrons. The number of hydrogen-bond acceptors (Lipinski definition) is 4. The molecular weight excluding hydrogens is 220 g/mol. The quantitative estimate of drug-likeness (QED) is 0.820. The maximum absolute atomic E-state index is 5.83. The molecule has 0 saturated heterocycles. The van der Waals surface area contributed by atoms with E-state index >= 15 is 0 Å². The fourth-order valence-electron chi connectivity index (χ4n) is 1.09. The molecule has 16 heavy (non-hydrogen) atoms. The smallest absolute Gasteiger partial charge is 0.238 e. The summed E-state index contributed by atoms with van der Waals surface area (Å²) in [5, 5.41) is 0.968. The van der Waals surface area contributed by atoms with Crippen molar-refractivity contribution >= 4 is 17.4 Å². The zero-order chi connectivity index (χ0) is 12.2. The van der Waals surface area contributed by atoms with Gasteiger partial charge >= 0.3 is 0 Å². The number of pyridine rings is 1. The van der Waals surface area contributed by atoms with Gasteiger partial charge in [-0.05, 0) is 45.1 Å². The van der Waals surface area contributed by atoms with E-state index in [4.69, 9.17) is 10.5 Å². The molecule has 0 aliphatic carbocycles. The van der Waals surface area contributed by atoms with Crippen LogP contribution in [-0.4, -0.2) is 16.3 Å². The van der Waals surface area contributed by atoms with Crippen LogP contribution in [0.2, 0.25) is 0 Å². The number of anilines is 1. The summed E-state index contributed by atoms with van der Waals surface area (Å²) in [4.78, 5) is 4.41. The Balaban J connectivity index is 2.82. The Labute approximate surface area is 102 Å². The lowest BCUT2D eigenvalue weighted by Gasteiger charge is -2.21. The topological polar surface area (TPSA) is 48.1 Å². The summed E-state index contributed by atoms with van der Waals surface area (Å²) in [7, 11) is 0. The standard InChI is InChI=1S/C12H20N2OS/c1-5-8-16-10-7-6-9(13)11(14-10)15-12(2,3)4/h6-7H,5,8,13H2,1-4H3. The molecule has 1 aromatic heterocycles. The molecule has 0 unspecified atom stereocenters. The Bertz CT molecular complexity index is 347. The van der Waals surface area contributed by atoms with Gasteiger partial charge in [-0.3, -0.25) is 0 Å². The van der Waals surface area contributed by atoms with Gasteiger partial charge in [0.1, 0.15) is 10.6 Å². The van der Waals surface area contributed by atoms with Crippen LogP contribution in [0.15, 0.2) is 17.2 Å². The highest BCUT2D eigenvalue weighted by molar-refractivity contribution is 7.99. The number of hydrogen-bond donors (Lipinski definition) is 1. The molecule has 90 valence electrons. The molecule has 0 fully saturated rings. The van der Waals surface area contributed by atoms with Gasteiger partial charge in [-0.25, -0.2) is 4.98 Å². The van der Waals surface area contributed by atoms with Crippen molar-refractivity contribution in [1.29, 1.82) is 0 Å². The van der Waals surface area contributed by atoms with Crippen LogP contribution < -0.4 is 10.5 Å². The van der Waals surface area contributed by atoms with Crippen molar-refractivity contribution in [2.24, 2.45) is 0 Å². The van der Waals surface area contributed by atoms with Crippen LogP contribution in [0.3, 0.4) is 0 Å². The predicted octanol–water partition coefficient (Wildman–Crippen LogP) is 3.34. The van der Waals surface area contributed by atoms with E-state index in [1.807, 2.05) is 32.9 Å². The number of thioether (sulfide) groups is 1. The van der Waals surface area contributed by atoms with Crippen LogP contribution in [-0.2, 0) is 0 Å². The van der Waals surface area contributed by atoms with Crippen LogP contribution in [0.25, 0.3) is 0 Å². The van der Waals surface area contributed by atoms with Crippen molar-refractivity contribution in [2.75, 3.05) is 11.5 Å². The van der Waals surface area contributed by atoms with Gasteiger partial charge in [0.25, 0.3) is 0 Å². The first-order valence-electron chi connectivity index (χ1n) is 5.50. The zero-order valence-electron chi connectivity index (χ0n) is 10.4. The molecule has 0 atom stereocenters. The molecule has 0 spiro atoms. The van der Waals surface area contributed by atoms with Crippen LogP contribution in [0.1, 0.15) is 34.1 Å². The predicted molar refractivity (Wildman–Crippen MR) is 70.0 cm³/mol. The average molecular weight is 240 g/mol. The number of nitrogens with two attached hydrogens (primary N) is 1. The van der Waals surface area contributed by atoms with Gasteiger partial charge in [0.15, 0.2) is 0 Å². The van der Waals surface area contributed by atoms with Gasteiger partial charge in [-0.2, -0.15) is 0 Å². The zero-order valence-corrected chi connectivity index (χ0v) is 11.2. The normalized spacial score (nSPS) is 11.5. The van der Waals surface area contributed by atoms with Crippen molar-refractivity contribution in [3.63, 3.8) is 0 Å². The summed E-state index contributed by atoms with van der Waals surface area (Å²) in [6.45, 7) is 8.11. The van der Waals surface area contributed by atoms with E-state index in [0.717, 1.165) is 17.2 Å². The molecule has 0 bridgehead atoms. The number of aromatic nitrogens is 1. The minimum Gasteiger partial charge on any atom is -0.470 e. The third-order valence-corrected chi connectivity index (χ3v) is 2.86. The van der Waals surface area contributed by atoms with E-state index in [0.29, 0.717) is 11.6 Å². The summed E-state index contributed by atoms with van der Waals surface area (Å²) in [6, 6.07) is 3.79. The van der Waals surface area contributed by atoms with E-state index < -0.39 is 0 Å². The second kappa shape index (κ2) is 5.43. The molecule has 0 aromatic carbocycles. The Morgan fingerprint density at radius 1 is 1.38 bits per heavy atom.